The summed E-state index contributed by atoms with van der Waals surface area (Å²) < 4.78 is 9.78. The summed E-state index contributed by atoms with van der Waals surface area (Å²) in [6.45, 7) is 0.311. The Morgan fingerprint density at radius 1 is 1.23 bits per heavy atom. The molecular formula is C17H14O4S. The molecule has 0 unspecified atom stereocenters. The minimum absolute atomic E-state index is 0.311. The van der Waals surface area contributed by atoms with Gasteiger partial charge in [0.05, 0.1) is 6.61 Å². The topological polar surface area (TPSA) is 52.6 Å². The van der Waals surface area contributed by atoms with Crippen molar-refractivity contribution in [1.29, 1.82) is 0 Å². The fourth-order valence-electron chi connectivity index (χ4n) is 2.11. The second-order valence-corrected chi connectivity index (χ2v) is 5.90. The summed E-state index contributed by atoms with van der Waals surface area (Å²) in [5, 5.41) is 0. The molecule has 112 valence electrons. The second kappa shape index (κ2) is 6.58. The summed E-state index contributed by atoms with van der Waals surface area (Å²) in [5.74, 6) is -0.997. The van der Waals surface area contributed by atoms with E-state index < -0.39 is 18.0 Å². The third-order valence-electron chi connectivity index (χ3n) is 3.21. The van der Waals surface area contributed by atoms with Crippen LogP contribution < -0.4 is 0 Å². The van der Waals surface area contributed by atoms with E-state index in [4.69, 9.17) is 9.47 Å². The van der Waals surface area contributed by atoms with E-state index in [2.05, 4.69) is 0 Å². The highest BCUT2D eigenvalue weighted by molar-refractivity contribution is 7.16. The lowest BCUT2D eigenvalue weighted by Crippen LogP contribution is -2.21. The average molecular weight is 314 g/mol. The van der Waals surface area contributed by atoms with Crippen molar-refractivity contribution in [3.63, 3.8) is 0 Å². The van der Waals surface area contributed by atoms with Gasteiger partial charge in [0.15, 0.2) is 0 Å². The Morgan fingerprint density at radius 3 is 2.77 bits per heavy atom. The molecular weight excluding hydrogens is 300 g/mol. The van der Waals surface area contributed by atoms with Crippen LogP contribution in [0.2, 0.25) is 0 Å². The molecule has 0 radical (unpaired) electrons. The Morgan fingerprint density at radius 2 is 2.05 bits per heavy atom. The van der Waals surface area contributed by atoms with Crippen molar-refractivity contribution >= 4 is 29.4 Å². The molecule has 22 heavy (non-hydrogen) atoms. The number of thiophene rings is 1. The Balaban J connectivity index is 1.62. The molecule has 2 aromatic rings. The van der Waals surface area contributed by atoms with Crippen molar-refractivity contribution in [2.45, 2.75) is 12.5 Å². The first-order chi connectivity index (χ1) is 10.7. The van der Waals surface area contributed by atoms with Crippen LogP contribution in [0.3, 0.4) is 0 Å². The van der Waals surface area contributed by atoms with Crippen LogP contribution in [0.5, 0.6) is 0 Å². The second-order valence-electron chi connectivity index (χ2n) is 4.78. The molecule has 1 atom stereocenters. The standard InChI is InChI=1S/C17H14O4S/c18-16(21-14-10-11-20-17(14)19)9-7-13-6-8-15(22-13)12-4-2-1-3-5-12/h1-9,14H,10-11H2/b9-7+/t14-/m0/s1. The predicted octanol–water partition coefficient (Wildman–Crippen LogP) is 3.29. The number of carbonyl (C=O) groups excluding carboxylic acids is 2. The van der Waals surface area contributed by atoms with Gasteiger partial charge in [0, 0.05) is 22.3 Å². The van der Waals surface area contributed by atoms with Crippen molar-refractivity contribution in [1.82, 2.24) is 0 Å². The largest absolute Gasteiger partial charge is 0.463 e. The van der Waals surface area contributed by atoms with Gasteiger partial charge in [-0.05, 0) is 23.8 Å². The zero-order valence-electron chi connectivity index (χ0n) is 11.7. The summed E-state index contributed by atoms with van der Waals surface area (Å²) in [6.07, 6.45) is 2.70. The van der Waals surface area contributed by atoms with Crippen molar-refractivity contribution in [2.24, 2.45) is 0 Å². The van der Waals surface area contributed by atoms with E-state index in [-0.39, 0.29) is 0 Å². The molecule has 0 amide bonds. The van der Waals surface area contributed by atoms with Gasteiger partial charge in [-0.3, -0.25) is 0 Å². The molecule has 0 N–H and O–H groups in total. The molecule has 1 aliphatic heterocycles. The summed E-state index contributed by atoms with van der Waals surface area (Å²) in [4.78, 5) is 25.0. The lowest BCUT2D eigenvalue weighted by molar-refractivity contribution is -0.156. The van der Waals surface area contributed by atoms with E-state index >= 15 is 0 Å². The summed E-state index contributed by atoms with van der Waals surface area (Å²) in [7, 11) is 0. The SMILES string of the molecule is O=C(/C=C/c1ccc(-c2ccccc2)s1)O[C@H]1CCOC1=O. The number of cyclic esters (lactones) is 1. The number of benzene rings is 1. The molecule has 4 nitrogen and oxygen atoms in total. The highest BCUT2D eigenvalue weighted by Crippen LogP contribution is 2.28. The van der Waals surface area contributed by atoms with Gasteiger partial charge < -0.3 is 9.47 Å². The van der Waals surface area contributed by atoms with Crippen LogP contribution in [-0.4, -0.2) is 24.6 Å². The molecule has 0 spiro atoms. The number of ether oxygens (including phenoxy) is 2. The number of hydrogen-bond acceptors (Lipinski definition) is 5. The quantitative estimate of drug-likeness (QED) is 0.642. The maximum atomic E-state index is 11.7. The van der Waals surface area contributed by atoms with Gasteiger partial charge in [-0.2, -0.15) is 0 Å². The van der Waals surface area contributed by atoms with Crippen LogP contribution in [-0.2, 0) is 19.1 Å². The number of esters is 2. The average Bonchev–Trinajstić information content (AvgIpc) is 3.16. The van der Waals surface area contributed by atoms with E-state index in [9.17, 15) is 9.59 Å². The van der Waals surface area contributed by atoms with Crippen molar-refractivity contribution < 1.29 is 19.1 Å². The number of rotatable bonds is 4. The Hall–Kier alpha value is -2.40. The Kier molecular flexibility index (Phi) is 4.34. The van der Waals surface area contributed by atoms with Gasteiger partial charge in [-0.15, -0.1) is 11.3 Å². The molecule has 2 heterocycles. The number of hydrogen-bond donors (Lipinski definition) is 0. The van der Waals surface area contributed by atoms with E-state index in [0.717, 1.165) is 15.3 Å². The van der Waals surface area contributed by atoms with Crippen LogP contribution in [0.15, 0.2) is 48.5 Å². The fraction of sp³-hybridized carbons (Fsp3) is 0.176. The Labute approximate surface area is 132 Å². The molecule has 5 heteroatoms. The summed E-state index contributed by atoms with van der Waals surface area (Å²) in [6, 6.07) is 14.0. The van der Waals surface area contributed by atoms with Crippen LogP contribution in [0, 0.1) is 0 Å². The molecule has 1 aliphatic rings. The molecule has 1 aromatic heterocycles. The van der Waals surface area contributed by atoms with Crippen LogP contribution in [0.25, 0.3) is 16.5 Å². The third-order valence-corrected chi connectivity index (χ3v) is 4.31. The normalized spacial score (nSPS) is 17.6. The van der Waals surface area contributed by atoms with E-state index in [1.807, 2.05) is 42.5 Å². The van der Waals surface area contributed by atoms with E-state index in [1.165, 1.54) is 6.08 Å². The zero-order valence-corrected chi connectivity index (χ0v) is 12.5. The first-order valence-electron chi connectivity index (χ1n) is 6.93. The smallest absolute Gasteiger partial charge is 0.347 e. The minimum Gasteiger partial charge on any atom is -0.463 e. The highest BCUT2D eigenvalue weighted by atomic mass is 32.1. The molecule has 0 aliphatic carbocycles. The molecule has 1 aromatic carbocycles. The van der Waals surface area contributed by atoms with Crippen LogP contribution in [0.1, 0.15) is 11.3 Å². The lowest BCUT2D eigenvalue weighted by atomic mass is 10.2. The van der Waals surface area contributed by atoms with Gasteiger partial charge in [0.25, 0.3) is 0 Å². The van der Waals surface area contributed by atoms with Gasteiger partial charge in [0.1, 0.15) is 0 Å². The van der Waals surface area contributed by atoms with Gasteiger partial charge >= 0.3 is 11.9 Å². The van der Waals surface area contributed by atoms with Crippen molar-refractivity contribution in [3.8, 4) is 10.4 Å². The van der Waals surface area contributed by atoms with Crippen molar-refractivity contribution in [2.75, 3.05) is 6.61 Å². The maximum absolute atomic E-state index is 11.7. The van der Waals surface area contributed by atoms with Crippen LogP contribution in [0.4, 0.5) is 0 Å². The molecule has 0 saturated carbocycles. The van der Waals surface area contributed by atoms with Crippen molar-refractivity contribution in [3.05, 3.63) is 53.4 Å². The molecule has 3 rings (SSSR count). The lowest BCUT2D eigenvalue weighted by Gasteiger charge is -2.04. The zero-order chi connectivity index (χ0) is 15.4. The minimum atomic E-state index is -0.764. The predicted molar refractivity (Wildman–Crippen MR) is 84.2 cm³/mol. The summed E-state index contributed by atoms with van der Waals surface area (Å²) in [5.41, 5.74) is 1.14. The van der Waals surface area contributed by atoms with Gasteiger partial charge in [0.2, 0.25) is 6.10 Å². The molecule has 1 saturated heterocycles. The highest BCUT2D eigenvalue weighted by Gasteiger charge is 2.29. The van der Waals surface area contributed by atoms with E-state index in [1.54, 1.807) is 17.4 Å². The number of carbonyl (C=O) groups is 2. The first-order valence-corrected chi connectivity index (χ1v) is 7.74. The molecule has 0 bridgehead atoms. The fourth-order valence-corrected chi connectivity index (χ4v) is 3.03. The summed E-state index contributed by atoms with van der Waals surface area (Å²) >= 11 is 1.59. The van der Waals surface area contributed by atoms with E-state index in [0.29, 0.717) is 13.0 Å². The third kappa shape index (κ3) is 3.43. The maximum Gasteiger partial charge on any atom is 0.347 e. The monoisotopic (exact) mass is 314 g/mol. The Bertz CT molecular complexity index is 702. The van der Waals surface area contributed by atoms with Gasteiger partial charge in [-0.1, -0.05) is 30.3 Å². The van der Waals surface area contributed by atoms with Crippen LogP contribution >= 0.6 is 11.3 Å². The first kappa shape index (κ1) is 14.5. The van der Waals surface area contributed by atoms with Gasteiger partial charge in [-0.25, -0.2) is 9.59 Å². The molecule has 1 fully saturated rings.